The van der Waals surface area contributed by atoms with Gasteiger partial charge in [-0.05, 0) is 49.2 Å². The van der Waals surface area contributed by atoms with E-state index in [1.54, 1.807) is 6.07 Å². The summed E-state index contributed by atoms with van der Waals surface area (Å²) < 4.78 is 14.5. The van der Waals surface area contributed by atoms with Crippen molar-refractivity contribution in [3.05, 3.63) is 58.9 Å². The molecular weight excluding hydrogens is 365 g/mol. The Labute approximate surface area is 162 Å². The van der Waals surface area contributed by atoms with Crippen molar-refractivity contribution in [2.45, 2.75) is 19.9 Å². The minimum absolute atomic E-state index is 0.0827. The van der Waals surface area contributed by atoms with Crippen LogP contribution in [-0.2, 0) is 22.6 Å². The summed E-state index contributed by atoms with van der Waals surface area (Å²) in [5.41, 5.74) is 3.63. The van der Waals surface area contributed by atoms with Crippen LogP contribution in [0.25, 0.3) is 0 Å². The smallest absolute Gasteiger partial charge is 0.234 e. The van der Waals surface area contributed by atoms with Crippen molar-refractivity contribution in [1.82, 2.24) is 5.32 Å². The van der Waals surface area contributed by atoms with Crippen molar-refractivity contribution in [3.8, 4) is 0 Å². The van der Waals surface area contributed by atoms with E-state index in [1.165, 1.54) is 11.8 Å². The summed E-state index contributed by atoms with van der Waals surface area (Å²) in [5.74, 6) is -0.622. The van der Waals surface area contributed by atoms with Crippen molar-refractivity contribution >= 4 is 35.0 Å². The minimum atomic E-state index is -0.357. The highest BCUT2D eigenvalue weighted by Gasteiger charge is 2.17. The molecule has 0 spiro atoms. The van der Waals surface area contributed by atoms with Crippen molar-refractivity contribution in [2.75, 3.05) is 28.7 Å². The molecule has 3 N–H and O–H groups in total. The molecule has 0 aliphatic carbocycles. The third-order valence-corrected chi connectivity index (χ3v) is 5.22. The molecule has 27 heavy (non-hydrogen) atoms. The number of carbonyl (C=O) groups is 2. The number of anilines is 2. The van der Waals surface area contributed by atoms with Crippen molar-refractivity contribution in [3.63, 3.8) is 0 Å². The summed E-state index contributed by atoms with van der Waals surface area (Å²) in [6, 6.07) is 10.9. The molecule has 0 bridgehead atoms. The van der Waals surface area contributed by atoms with Crippen LogP contribution in [0.4, 0.5) is 15.8 Å². The first-order valence-corrected chi connectivity index (χ1v) is 9.93. The first-order valence-electron chi connectivity index (χ1n) is 8.78. The van der Waals surface area contributed by atoms with Gasteiger partial charge in [-0.2, -0.15) is 0 Å². The number of nitrogens with one attached hydrogen (secondary N) is 3. The number of halogens is 1. The third kappa shape index (κ3) is 5.30. The number of carbonyl (C=O) groups excluding carboxylic acids is 2. The van der Waals surface area contributed by atoms with Gasteiger partial charge in [-0.15, -0.1) is 11.8 Å². The van der Waals surface area contributed by atoms with Gasteiger partial charge < -0.3 is 16.0 Å². The number of hydrogen-bond acceptors (Lipinski definition) is 4. The van der Waals surface area contributed by atoms with E-state index in [0.717, 1.165) is 23.4 Å². The third-order valence-electron chi connectivity index (χ3n) is 4.28. The second kappa shape index (κ2) is 9.01. The van der Waals surface area contributed by atoms with E-state index in [1.807, 2.05) is 37.3 Å². The highest BCUT2D eigenvalue weighted by Crippen LogP contribution is 2.24. The zero-order valence-electron chi connectivity index (χ0n) is 15.1. The van der Waals surface area contributed by atoms with E-state index in [9.17, 15) is 14.0 Å². The Bertz CT molecular complexity index is 840. The number of hydrogen-bond donors (Lipinski definition) is 3. The number of amides is 2. The van der Waals surface area contributed by atoms with Crippen LogP contribution in [0.3, 0.4) is 0 Å². The lowest BCUT2D eigenvalue weighted by Gasteiger charge is -2.19. The zero-order valence-corrected chi connectivity index (χ0v) is 15.9. The standard InChI is InChI=1S/C20H22FN3O2S/c1-13-2-5-15(6-3-13)23-18(25)11-27-12-19(26)24-17-7-4-14-10-22-9-8-16(14)20(17)21/h2-7,22H,8-12H2,1H3,(H,23,25)(H,24,26). The summed E-state index contributed by atoms with van der Waals surface area (Å²) >= 11 is 1.19. The maximum Gasteiger partial charge on any atom is 0.234 e. The molecule has 1 aliphatic rings. The average molecular weight is 387 g/mol. The van der Waals surface area contributed by atoms with Gasteiger partial charge in [0.2, 0.25) is 11.8 Å². The Morgan fingerprint density at radius 2 is 1.78 bits per heavy atom. The lowest BCUT2D eigenvalue weighted by molar-refractivity contribution is -0.114. The molecule has 2 aromatic carbocycles. The van der Waals surface area contributed by atoms with E-state index < -0.39 is 0 Å². The predicted octanol–water partition coefficient (Wildman–Crippen LogP) is 3.09. The lowest BCUT2D eigenvalue weighted by atomic mass is 9.99. The van der Waals surface area contributed by atoms with Gasteiger partial charge in [-0.25, -0.2) is 4.39 Å². The maximum atomic E-state index is 14.5. The van der Waals surface area contributed by atoms with Crippen LogP contribution in [0.5, 0.6) is 0 Å². The molecule has 1 aliphatic heterocycles. The number of thioether (sulfide) groups is 1. The summed E-state index contributed by atoms with van der Waals surface area (Å²) in [6.45, 7) is 3.35. The predicted molar refractivity (Wildman–Crippen MR) is 108 cm³/mol. The SMILES string of the molecule is Cc1ccc(NC(=O)CSCC(=O)Nc2ccc3c(c2F)CCNC3)cc1. The largest absolute Gasteiger partial charge is 0.325 e. The fourth-order valence-corrected chi connectivity index (χ4v) is 3.50. The summed E-state index contributed by atoms with van der Waals surface area (Å²) in [7, 11) is 0. The first kappa shape index (κ1) is 19.4. The first-order chi connectivity index (χ1) is 13.0. The van der Waals surface area contributed by atoms with Crippen molar-refractivity contribution < 1.29 is 14.0 Å². The highest BCUT2D eigenvalue weighted by molar-refractivity contribution is 8.00. The summed E-state index contributed by atoms with van der Waals surface area (Å²) in [5, 5.41) is 8.57. The number of benzene rings is 2. The van der Waals surface area contributed by atoms with Crippen LogP contribution in [0, 0.1) is 12.7 Å². The van der Waals surface area contributed by atoms with E-state index in [2.05, 4.69) is 16.0 Å². The van der Waals surface area contributed by atoms with Gasteiger partial charge in [0.1, 0.15) is 5.82 Å². The molecule has 3 rings (SSSR count). The zero-order chi connectivity index (χ0) is 19.2. The molecule has 2 amide bonds. The molecule has 7 heteroatoms. The van der Waals surface area contributed by atoms with Crippen LogP contribution >= 0.6 is 11.8 Å². The van der Waals surface area contributed by atoms with Gasteiger partial charge in [-0.3, -0.25) is 9.59 Å². The van der Waals surface area contributed by atoms with Gasteiger partial charge in [0.25, 0.3) is 0 Å². The van der Waals surface area contributed by atoms with Crippen molar-refractivity contribution in [2.24, 2.45) is 0 Å². The normalized spacial score (nSPS) is 13.0. The van der Waals surface area contributed by atoms with Gasteiger partial charge in [0.05, 0.1) is 17.2 Å². The summed E-state index contributed by atoms with van der Waals surface area (Å²) in [4.78, 5) is 24.0. The summed E-state index contributed by atoms with van der Waals surface area (Å²) in [6.07, 6.45) is 0.610. The van der Waals surface area contributed by atoms with E-state index in [-0.39, 0.29) is 34.8 Å². The Morgan fingerprint density at radius 3 is 2.52 bits per heavy atom. The number of aryl methyl sites for hydroxylation is 1. The molecule has 0 aromatic heterocycles. The second-order valence-corrected chi connectivity index (χ2v) is 7.43. The molecule has 0 unspecified atom stereocenters. The van der Waals surface area contributed by atoms with Crippen LogP contribution in [0.1, 0.15) is 16.7 Å². The Balaban J connectivity index is 1.46. The minimum Gasteiger partial charge on any atom is -0.325 e. The van der Waals surface area contributed by atoms with Gasteiger partial charge in [0, 0.05) is 12.2 Å². The van der Waals surface area contributed by atoms with Crippen LogP contribution in [0.15, 0.2) is 36.4 Å². The molecule has 1 heterocycles. The molecule has 5 nitrogen and oxygen atoms in total. The van der Waals surface area contributed by atoms with Crippen molar-refractivity contribution in [1.29, 1.82) is 0 Å². The molecule has 0 atom stereocenters. The monoisotopic (exact) mass is 387 g/mol. The highest BCUT2D eigenvalue weighted by atomic mass is 32.2. The van der Waals surface area contributed by atoms with Crippen LogP contribution in [0.2, 0.25) is 0 Å². The molecule has 142 valence electrons. The molecule has 0 radical (unpaired) electrons. The van der Waals surface area contributed by atoms with Gasteiger partial charge in [-0.1, -0.05) is 23.8 Å². The lowest BCUT2D eigenvalue weighted by Crippen LogP contribution is -2.25. The van der Waals surface area contributed by atoms with Gasteiger partial charge >= 0.3 is 0 Å². The Kier molecular flexibility index (Phi) is 6.47. The topological polar surface area (TPSA) is 70.2 Å². The molecule has 0 saturated carbocycles. The maximum absolute atomic E-state index is 14.5. The number of rotatable bonds is 6. The fraction of sp³-hybridized carbons (Fsp3) is 0.300. The van der Waals surface area contributed by atoms with E-state index in [0.29, 0.717) is 18.5 Å². The van der Waals surface area contributed by atoms with Crippen LogP contribution < -0.4 is 16.0 Å². The molecule has 2 aromatic rings. The fourth-order valence-electron chi connectivity index (χ4n) is 2.89. The average Bonchev–Trinajstić information content (AvgIpc) is 2.66. The quantitative estimate of drug-likeness (QED) is 0.712. The molecule has 0 saturated heterocycles. The molecule has 0 fully saturated rings. The van der Waals surface area contributed by atoms with E-state index >= 15 is 0 Å². The Hall–Kier alpha value is -2.38. The van der Waals surface area contributed by atoms with Crippen LogP contribution in [-0.4, -0.2) is 29.9 Å². The van der Waals surface area contributed by atoms with Gasteiger partial charge in [0.15, 0.2) is 0 Å². The second-order valence-electron chi connectivity index (χ2n) is 6.45. The van der Waals surface area contributed by atoms with E-state index in [4.69, 9.17) is 0 Å². The molecular formula is C20H22FN3O2S. The Morgan fingerprint density at radius 1 is 1.07 bits per heavy atom. The number of fused-ring (bicyclic) bond motifs is 1.